The average Bonchev–Trinajstić information content (AvgIpc) is 2.89. The van der Waals surface area contributed by atoms with E-state index in [1.807, 2.05) is 42.6 Å². The fourth-order valence-electron chi connectivity index (χ4n) is 1.86. The maximum Gasteiger partial charge on any atom is 0.220 e. The molecule has 0 aliphatic heterocycles. The van der Waals surface area contributed by atoms with Crippen LogP contribution in [0.4, 0.5) is 0 Å². The van der Waals surface area contributed by atoms with Crippen molar-refractivity contribution in [3.63, 3.8) is 0 Å². The molecule has 1 N–H and O–H groups in total. The molecule has 2 aromatic rings. The SMILES string of the molecule is CC(NC(=O)CCc1cccs1)c1cccc(Br)c1. The highest BCUT2D eigenvalue weighted by molar-refractivity contribution is 9.10. The minimum Gasteiger partial charge on any atom is -0.350 e. The zero-order valence-electron chi connectivity index (χ0n) is 10.7. The van der Waals surface area contributed by atoms with E-state index in [2.05, 4.69) is 27.3 Å². The number of carbonyl (C=O) groups excluding carboxylic acids is 1. The average molecular weight is 338 g/mol. The first-order valence-corrected chi connectivity index (χ1v) is 7.89. The molecule has 0 fully saturated rings. The van der Waals surface area contributed by atoms with Gasteiger partial charge in [0.15, 0.2) is 0 Å². The highest BCUT2D eigenvalue weighted by Gasteiger charge is 2.10. The second kappa shape index (κ2) is 6.87. The van der Waals surface area contributed by atoms with E-state index < -0.39 is 0 Å². The molecule has 0 saturated carbocycles. The van der Waals surface area contributed by atoms with Crippen molar-refractivity contribution in [3.8, 4) is 0 Å². The van der Waals surface area contributed by atoms with Crippen LogP contribution in [0.5, 0.6) is 0 Å². The Morgan fingerprint density at radius 1 is 1.37 bits per heavy atom. The van der Waals surface area contributed by atoms with Crippen molar-refractivity contribution in [1.29, 1.82) is 0 Å². The molecule has 1 heterocycles. The summed E-state index contributed by atoms with van der Waals surface area (Å²) in [7, 11) is 0. The summed E-state index contributed by atoms with van der Waals surface area (Å²) in [4.78, 5) is 13.1. The van der Waals surface area contributed by atoms with Gasteiger partial charge in [-0.3, -0.25) is 4.79 Å². The number of nitrogens with one attached hydrogen (secondary N) is 1. The first-order chi connectivity index (χ1) is 9.15. The summed E-state index contributed by atoms with van der Waals surface area (Å²) in [6, 6.07) is 12.1. The second-order valence-electron chi connectivity index (χ2n) is 4.42. The summed E-state index contributed by atoms with van der Waals surface area (Å²) < 4.78 is 1.03. The summed E-state index contributed by atoms with van der Waals surface area (Å²) in [6.07, 6.45) is 1.35. The van der Waals surface area contributed by atoms with Crippen LogP contribution in [0.25, 0.3) is 0 Å². The molecule has 0 aliphatic rings. The van der Waals surface area contributed by atoms with Crippen LogP contribution in [-0.2, 0) is 11.2 Å². The molecule has 0 radical (unpaired) electrons. The molecular weight excluding hydrogens is 322 g/mol. The van der Waals surface area contributed by atoms with Crippen LogP contribution >= 0.6 is 27.3 Å². The number of amides is 1. The standard InChI is InChI=1S/C15H16BrNOS/c1-11(12-4-2-5-13(16)10-12)17-15(18)8-7-14-6-3-9-19-14/h2-6,9-11H,7-8H2,1H3,(H,17,18). The third-order valence-corrected chi connectivity index (χ3v) is 4.33. The zero-order valence-corrected chi connectivity index (χ0v) is 13.1. The summed E-state index contributed by atoms with van der Waals surface area (Å²) in [5.41, 5.74) is 1.11. The third-order valence-electron chi connectivity index (χ3n) is 2.90. The minimum absolute atomic E-state index is 0.0355. The lowest BCUT2D eigenvalue weighted by Crippen LogP contribution is -2.26. The van der Waals surface area contributed by atoms with Gasteiger partial charge < -0.3 is 5.32 Å². The Bertz CT molecular complexity index is 539. The molecule has 1 unspecified atom stereocenters. The third kappa shape index (κ3) is 4.48. The lowest BCUT2D eigenvalue weighted by atomic mass is 10.1. The first-order valence-electron chi connectivity index (χ1n) is 6.22. The molecule has 19 heavy (non-hydrogen) atoms. The molecule has 0 spiro atoms. The van der Waals surface area contributed by atoms with Crippen molar-refractivity contribution in [3.05, 3.63) is 56.7 Å². The first kappa shape index (κ1) is 14.3. The van der Waals surface area contributed by atoms with Gasteiger partial charge in [-0.25, -0.2) is 0 Å². The number of aryl methyl sites for hydroxylation is 1. The van der Waals surface area contributed by atoms with Gasteiger partial charge in [-0.1, -0.05) is 34.1 Å². The van der Waals surface area contributed by atoms with Gasteiger partial charge in [-0.2, -0.15) is 0 Å². The highest BCUT2D eigenvalue weighted by atomic mass is 79.9. The summed E-state index contributed by atoms with van der Waals surface area (Å²) in [5.74, 6) is 0.0980. The van der Waals surface area contributed by atoms with Gasteiger partial charge in [0, 0.05) is 15.8 Å². The lowest BCUT2D eigenvalue weighted by Gasteiger charge is -2.14. The smallest absolute Gasteiger partial charge is 0.220 e. The molecule has 100 valence electrons. The Kier molecular flexibility index (Phi) is 5.16. The Morgan fingerprint density at radius 3 is 2.89 bits per heavy atom. The van der Waals surface area contributed by atoms with Crippen molar-refractivity contribution in [2.24, 2.45) is 0 Å². The second-order valence-corrected chi connectivity index (χ2v) is 6.37. The van der Waals surface area contributed by atoms with Crippen LogP contribution in [0.1, 0.15) is 29.8 Å². The van der Waals surface area contributed by atoms with Crippen molar-refractivity contribution in [1.82, 2.24) is 5.32 Å². The summed E-state index contributed by atoms with van der Waals surface area (Å²) >= 11 is 5.14. The molecule has 4 heteroatoms. The highest BCUT2D eigenvalue weighted by Crippen LogP contribution is 2.18. The molecular formula is C15H16BrNOS. The van der Waals surface area contributed by atoms with E-state index in [1.54, 1.807) is 11.3 Å². The molecule has 1 amide bonds. The van der Waals surface area contributed by atoms with E-state index in [0.717, 1.165) is 16.5 Å². The van der Waals surface area contributed by atoms with Crippen LogP contribution in [0.2, 0.25) is 0 Å². The van der Waals surface area contributed by atoms with E-state index in [4.69, 9.17) is 0 Å². The number of hydrogen-bond acceptors (Lipinski definition) is 2. The van der Waals surface area contributed by atoms with E-state index >= 15 is 0 Å². The van der Waals surface area contributed by atoms with Gasteiger partial charge in [-0.05, 0) is 42.5 Å². The molecule has 1 aromatic carbocycles. The van der Waals surface area contributed by atoms with E-state index in [1.165, 1.54) is 4.88 Å². The number of thiophene rings is 1. The Morgan fingerprint density at radius 2 is 2.21 bits per heavy atom. The molecule has 2 nitrogen and oxygen atoms in total. The fraction of sp³-hybridized carbons (Fsp3) is 0.267. The van der Waals surface area contributed by atoms with Crippen LogP contribution in [0.15, 0.2) is 46.3 Å². The van der Waals surface area contributed by atoms with Gasteiger partial charge in [0.2, 0.25) is 5.91 Å². The predicted molar refractivity (Wildman–Crippen MR) is 83.3 cm³/mol. The Balaban J connectivity index is 1.84. The molecule has 2 rings (SSSR count). The van der Waals surface area contributed by atoms with Gasteiger partial charge in [0.1, 0.15) is 0 Å². The lowest BCUT2D eigenvalue weighted by molar-refractivity contribution is -0.121. The van der Waals surface area contributed by atoms with Crippen molar-refractivity contribution in [2.45, 2.75) is 25.8 Å². The summed E-state index contributed by atoms with van der Waals surface area (Å²) in [5, 5.41) is 5.07. The maximum atomic E-state index is 11.9. The Hall–Kier alpha value is -1.13. The normalized spacial score (nSPS) is 12.1. The van der Waals surface area contributed by atoms with Gasteiger partial charge in [0.05, 0.1) is 6.04 Å². The van der Waals surface area contributed by atoms with E-state index in [9.17, 15) is 4.79 Å². The molecule has 1 atom stereocenters. The maximum absolute atomic E-state index is 11.9. The fourth-order valence-corrected chi connectivity index (χ4v) is 2.99. The Labute approximate surface area is 126 Å². The van der Waals surface area contributed by atoms with E-state index in [-0.39, 0.29) is 11.9 Å². The van der Waals surface area contributed by atoms with Crippen molar-refractivity contribution >= 4 is 33.2 Å². The number of benzene rings is 1. The molecule has 0 aliphatic carbocycles. The van der Waals surface area contributed by atoms with Crippen molar-refractivity contribution < 1.29 is 4.79 Å². The quantitative estimate of drug-likeness (QED) is 0.864. The molecule has 1 aromatic heterocycles. The topological polar surface area (TPSA) is 29.1 Å². The summed E-state index contributed by atoms with van der Waals surface area (Å²) in [6.45, 7) is 2.00. The van der Waals surface area contributed by atoms with Crippen LogP contribution in [0.3, 0.4) is 0 Å². The van der Waals surface area contributed by atoms with Crippen molar-refractivity contribution in [2.75, 3.05) is 0 Å². The van der Waals surface area contributed by atoms with Gasteiger partial charge >= 0.3 is 0 Å². The zero-order chi connectivity index (χ0) is 13.7. The number of rotatable bonds is 5. The van der Waals surface area contributed by atoms with Gasteiger partial charge in [-0.15, -0.1) is 11.3 Å². The molecule has 0 saturated heterocycles. The van der Waals surface area contributed by atoms with Crippen LogP contribution in [-0.4, -0.2) is 5.91 Å². The number of hydrogen-bond donors (Lipinski definition) is 1. The predicted octanol–water partition coefficient (Wildman–Crippen LogP) is 4.32. The van der Waals surface area contributed by atoms with E-state index in [0.29, 0.717) is 6.42 Å². The minimum atomic E-state index is 0.0355. The number of carbonyl (C=O) groups is 1. The largest absolute Gasteiger partial charge is 0.350 e. The number of halogens is 1. The monoisotopic (exact) mass is 337 g/mol. The molecule has 0 bridgehead atoms. The van der Waals surface area contributed by atoms with Crippen LogP contribution in [0, 0.1) is 0 Å². The van der Waals surface area contributed by atoms with Gasteiger partial charge in [0.25, 0.3) is 0 Å². The van der Waals surface area contributed by atoms with Crippen LogP contribution < -0.4 is 5.32 Å².